The number of halogens is 4. The Hall–Kier alpha value is -0.600. The predicted molar refractivity (Wildman–Crippen MR) is 76.4 cm³/mol. The van der Waals surface area contributed by atoms with Crippen LogP contribution < -0.4 is 0 Å². The fraction of sp³-hybridized carbons (Fsp3) is 0.538. The first-order valence-corrected chi connectivity index (χ1v) is 8.68. The number of alkyl halides is 3. The summed E-state index contributed by atoms with van der Waals surface area (Å²) >= 11 is 3.19. The molecular weight excluding hydrogens is 371 g/mol. The highest BCUT2D eigenvalue weighted by Crippen LogP contribution is 2.35. The van der Waals surface area contributed by atoms with Crippen LogP contribution in [0.25, 0.3) is 0 Å². The van der Waals surface area contributed by atoms with Gasteiger partial charge in [-0.05, 0) is 37.5 Å². The highest BCUT2D eigenvalue weighted by Gasteiger charge is 2.44. The van der Waals surface area contributed by atoms with E-state index in [4.69, 9.17) is 0 Å². The van der Waals surface area contributed by atoms with Gasteiger partial charge in [0.15, 0.2) is 0 Å². The van der Waals surface area contributed by atoms with E-state index in [2.05, 4.69) is 15.9 Å². The summed E-state index contributed by atoms with van der Waals surface area (Å²) in [7, 11) is -3.91. The molecule has 0 radical (unpaired) electrons. The normalized spacial score (nSPS) is 21.5. The molecule has 0 aliphatic carbocycles. The van der Waals surface area contributed by atoms with Gasteiger partial charge in [0, 0.05) is 17.6 Å². The quantitative estimate of drug-likeness (QED) is 0.777. The Morgan fingerprint density at radius 2 is 2.00 bits per heavy atom. The maximum atomic E-state index is 12.8. The van der Waals surface area contributed by atoms with Crippen LogP contribution in [0.1, 0.15) is 18.4 Å². The van der Waals surface area contributed by atoms with Crippen LogP contribution >= 0.6 is 15.9 Å². The van der Waals surface area contributed by atoms with Crippen molar-refractivity contribution in [3.05, 3.63) is 28.2 Å². The third-order valence-corrected chi connectivity index (χ3v) is 6.12. The molecular formula is C13H15BrF3NO2S. The van der Waals surface area contributed by atoms with Gasteiger partial charge >= 0.3 is 6.18 Å². The molecule has 1 aliphatic heterocycles. The zero-order valence-corrected chi connectivity index (χ0v) is 13.7. The molecule has 0 spiro atoms. The maximum absolute atomic E-state index is 12.8. The second-order valence-corrected chi connectivity index (χ2v) is 7.98. The number of nitrogens with zero attached hydrogens (tertiary/aromatic N) is 1. The molecule has 1 aromatic carbocycles. The summed E-state index contributed by atoms with van der Waals surface area (Å²) in [5.74, 6) is -1.59. The number of hydrogen-bond acceptors (Lipinski definition) is 2. The molecule has 1 fully saturated rings. The van der Waals surface area contributed by atoms with E-state index in [1.807, 2.05) is 0 Å². The Morgan fingerprint density at radius 3 is 2.62 bits per heavy atom. The van der Waals surface area contributed by atoms with Crippen LogP contribution in [0.3, 0.4) is 0 Å². The van der Waals surface area contributed by atoms with Gasteiger partial charge in [-0.25, -0.2) is 8.42 Å². The third-order valence-electron chi connectivity index (χ3n) is 3.62. The molecule has 21 heavy (non-hydrogen) atoms. The SMILES string of the molecule is Cc1ccc(Br)cc1S(=O)(=O)N1CCCC(C(F)(F)F)C1. The van der Waals surface area contributed by atoms with E-state index >= 15 is 0 Å². The Morgan fingerprint density at radius 1 is 1.33 bits per heavy atom. The number of piperidine rings is 1. The minimum Gasteiger partial charge on any atom is -0.207 e. The highest BCUT2D eigenvalue weighted by molar-refractivity contribution is 9.10. The largest absolute Gasteiger partial charge is 0.393 e. The number of aryl methyl sites for hydroxylation is 1. The van der Waals surface area contributed by atoms with Crippen LogP contribution in [-0.4, -0.2) is 32.0 Å². The molecule has 0 saturated carbocycles. The molecule has 3 nitrogen and oxygen atoms in total. The first-order valence-electron chi connectivity index (χ1n) is 6.45. The molecule has 1 aliphatic rings. The lowest BCUT2D eigenvalue weighted by Crippen LogP contribution is -2.44. The van der Waals surface area contributed by atoms with Gasteiger partial charge in [0.25, 0.3) is 0 Å². The lowest BCUT2D eigenvalue weighted by Gasteiger charge is -2.33. The summed E-state index contributed by atoms with van der Waals surface area (Å²) in [6.07, 6.45) is -4.16. The highest BCUT2D eigenvalue weighted by atomic mass is 79.9. The van der Waals surface area contributed by atoms with Gasteiger partial charge < -0.3 is 0 Å². The summed E-state index contributed by atoms with van der Waals surface area (Å²) in [6, 6.07) is 4.76. The topological polar surface area (TPSA) is 37.4 Å². The van der Waals surface area contributed by atoms with Crippen molar-refractivity contribution in [3.8, 4) is 0 Å². The Bertz CT molecular complexity index is 631. The Labute approximate surface area is 130 Å². The molecule has 0 bridgehead atoms. The second kappa shape index (κ2) is 5.89. The average Bonchev–Trinajstić information content (AvgIpc) is 2.40. The first kappa shape index (κ1) is 16.8. The van der Waals surface area contributed by atoms with E-state index in [0.717, 1.165) is 4.31 Å². The summed E-state index contributed by atoms with van der Waals surface area (Å²) in [5, 5.41) is 0. The molecule has 2 rings (SSSR count). The van der Waals surface area contributed by atoms with Crippen molar-refractivity contribution in [2.24, 2.45) is 5.92 Å². The van der Waals surface area contributed by atoms with Gasteiger partial charge in [-0.15, -0.1) is 0 Å². The number of rotatable bonds is 2. The van der Waals surface area contributed by atoms with Crippen LogP contribution in [0, 0.1) is 12.8 Å². The predicted octanol–water partition coefficient (Wildman–Crippen LogP) is 3.72. The van der Waals surface area contributed by atoms with Gasteiger partial charge in [-0.1, -0.05) is 22.0 Å². The van der Waals surface area contributed by atoms with Gasteiger partial charge in [0.2, 0.25) is 10.0 Å². The third kappa shape index (κ3) is 3.60. The van der Waals surface area contributed by atoms with Crippen molar-refractivity contribution < 1.29 is 21.6 Å². The molecule has 1 saturated heterocycles. The second-order valence-electron chi connectivity index (χ2n) is 5.15. The Balaban J connectivity index is 2.33. The monoisotopic (exact) mass is 385 g/mol. The maximum Gasteiger partial charge on any atom is 0.393 e. The van der Waals surface area contributed by atoms with Crippen molar-refractivity contribution in [2.75, 3.05) is 13.1 Å². The van der Waals surface area contributed by atoms with Crippen molar-refractivity contribution in [1.29, 1.82) is 0 Å². The summed E-state index contributed by atoms with van der Waals surface area (Å²) in [5.41, 5.74) is 0.521. The van der Waals surface area contributed by atoms with E-state index in [9.17, 15) is 21.6 Å². The van der Waals surface area contributed by atoms with Crippen LogP contribution in [0.15, 0.2) is 27.6 Å². The molecule has 0 N–H and O–H groups in total. The zero-order valence-electron chi connectivity index (χ0n) is 11.3. The number of benzene rings is 1. The van der Waals surface area contributed by atoms with Gasteiger partial charge in [-0.2, -0.15) is 17.5 Å². The molecule has 118 valence electrons. The van der Waals surface area contributed by atoms with Crippen molar-refractivity contribution in [3.63, 3.8) is 0 Å². The van der Waals surface area contributed by atoms with E-state index in [-0.39, 0.29) is 24.3 Å². The van der Waals surface area contributed by atoms with Crippen molar-refractivity contribution in [2.45, 2.75) is 30.8 Å². The van der Waals surface area contributed by atoms with E-state index in [0.29, 0.717) is 10.0 Å². The lowest BCUT2D eigenvalue weighted by atomic mass is 9.99. The van der Waals surface area contributed by atoms with E-state index in [1.165, 1.54) is 6.07 Å². The molecule has 0 amide bonds. The van der Waals surface area contributed by atoms with Crippen molar-refractivity contribution >= 4 is 26.0 Å². The molecule has 1 atom stereocenters. The van der Waals surface area contributed by atoms with Crippen LogP contribution in [0.4, 0.5) is 13.2 Å². The fourth-order valence-corrected chi connectivity index (χ4v) is 4.71. The molecule has 1 unspecified atom stereocenters. The van der Waals surface area contributed by atoms with E-state index < -0.39 is 28.7 Å². The van der Waals surface area contributed by atoms with Gasteiger partial charge in [-0.3, -0.25) is 0 Å². The molecule has 1 heterocycles. The number of hydrogen-bond donors (Lipinski definition) is 0. The zero-order chi connectivity index (χ0) is 15.8. The Kier molecular flexibility index (Phi) is 4.70. The fourth-order valence-electron chi connectivity index (χ4n) is 2.42. The smallest absolute Gasteiger partial charge is 0.207 e. The summed E-state index contributed by atoms with van der Waals surface area (Å²) < 4.78 is 65.1. The standard InChI is InChI=1S/C13H15BrF3NO2S/c1-9-4-5-11(14)7-12(9)21(19,20)18-6-2-3-10(8-18)13(15,16)17/h4-5,7,10H,2-3,6,8H2,1H3. The van der Waals surface area contributed by atoms with Crippen LogP contribution in [-0.2, 0) is 10.0 Å². The minimum atomic E-state index is -4.36. The number of sulfonamides is 1. The summed E-state index contributed by atoms with van der Waals surface area (Å²) in [6.45, 7) is 1.25. The molecule has 8 heteroatoms. The van der Waals surface area contributed by atoms with Crippen molar-refractivity contribution in [1.82, 2.24) is 4.31 Å². The van der Waals surface area contributed by atoms with Gasteiger partial charge in [0.1, 0.15) is 0 Å². The molecule has 1 aromatic rings. The average molecular weight is 386 g/mol. The van der Waals surface area contributed by atoms with Gasteiger partial charge in [0.05, 0.1) is 10.8 Å². The summed E-state index contributed by atoms with van der Waals surface area (Å²) in [4.78, 5) is 0.0553. The van der Waals surface area contributed by atoms with E-state index in [1.54, 1.807) is 19.1 Å². The minimum absolute atomic E-state index is 0.0208. The van der Waals surface area contributed by atoms with Crippen LogP contribution in [0.2, 0.25) is 0 Å². The van der Waals surface area contributed by atoms with Crippen LogP contribution in [0.5, 0.6) is 0 Å². The molecule has 0 aromatic heterocycles. The first-order chi connectivity index (χ1) is 9.62. The lowest BCUT2D eigenvalue weighted by molar-refractivity contribution is -0.182.